The Bertz CT molecular complexity index is 932. The van der Waals surface area contributed by atoms with E-state index in [0.29, 0.717) is 29.7 Å². The topological polar surface area (TPSA) is 0 Å². The average molecular weight is 429 g/mol. The maximum atomic E-state index is 15.5. The van der Waals surface area contributed by atoms with Crippen LogP contribution in [0.25, 0.3) is 10.8 Å². The summed E-state index contributed by atoms with van der Waals surface area (Å²) in [5, 5.41) is 0.270. The van der Waals surface area contributed by atoms with Crippen molar-refractivity contribution < 1.29 is 13.2 Å². The largest absolute Gasteiger partial charge is 0.206 e. The molecule has 0 bridgehead atoms. The summed E-state index contributed by atoms with van der Waals surface area (Å²) in [6.07, 6.45) is 13.5. The van der Waals surface area contributed by atoms with Crippen molar-refractivity contribution in [2.45, 2.75) is 83.5 Å². The Labute approximate surface area is 184 Å². The molecule has 168 valence electrons. The zero-order chi connectivity index (χ0) is 22.0. The van der Waals surface area contributed by atoms with Crippen molar-refractivity contribution in [3.8, 4) is 0 Å². The predicted molar refractivity (Wildman–Crippen MR) is 123 cm³/mol. The van der Waals surface area contributed by atoms with Gasteiger partial charge in [0.15, 0.2) is 11.6 Å². The van der Waals surface area contributed by atoms with Gasteiger partial charge in [-0.1, -0.05) is 50.8 Å². The van der Waals surface area contributed by atoms with E-state index < -0.39 is 17.5 Å². The van der Waals surface area contributed by atoms with E-state index in [2.05, 4.69) is 13.5 Å². The quantitative estimate of drug-likeness (QED) is 0.386. The molecule has 31 heavy (non-hydrogen) atoms. The Morgan fingerprint density at radius 2 is 1.74 bits per heavy atom. The van der Waals surface area contributed by atoms with Gasteiger partial charge in [0.1, 0.15) is 5.82 Å². The van der Waals surface area contributed by atoms with Gasteiger partial charge < -0.3 is 0 Å². The average Bonchev–Trinajstić information content (AvgIpc) is 2.78. The molecule has 2 aromatic carbocycles. The Morgan fingerprint density at radius 1 is 0.968 bits per heavy atom. The molecule has 4 atom stereocenters. The molecular formula is C28H35F3. The highest BCUT2D eigenvalue weighted by Crippen LogP contribution is 2.49. The van der Waals surface area contributed by atoms with Crippen LogP contribution in [0.4, 0.5) is 13.2 Å². The third-order valence-corrected chi connectivity index (χ3v) is 7.97. The number of rotatable bonds is 7. The Hall–Kier alpha value is -1.77. The van der Waals surface area contributed by atoms with Gasteiger partial charge in [0.2, 0.25) is 0 Å². The van der Waals surface area contributed by atoms with Gasteiger partial charge in [-0.3, -0.25) is 0 Å². The summed E-state index contributed by atoms with van der Waals surface area (Å²) in [5.74, 6) is -0.125. The SMILES string of the molecule is C=CCCc1cc2ccc([C@@H]3CC[C@@H]4CC(CCCC)CCC4C3)c(F)c2c(F)c1F. The first-order valence-electron chi connectivity index (χ1n) is 12.2. The molecule has 2 aliphatic carbocycles. The Morgan fingerprint density at radius 3 is 2.52 bits per heavy atom. The van der Waals surface area contributed by atoms with E-state index in [1.807, 2.05) is 6.07 Å². The zero-order valence-electron chi connectivity index (χ0n) is 18.7. The molecule has 3 heteroatoms. The molecule has 0 aromatic heterocycles. The van der Waals surface area contributed by atoms with Gasteiger partial charge in [0.25, 0.3) is 0 Å². The lowest BCUT2D eigenvalue weighted by molar-refractivity contribution is 0.113. The summed E-state index contributed by atoms with van der Waals surface area (Å²) in [6, 6.07) is 5.20. The highest BCUT2D eigenvalue weighted by molar-refractivity contribution is 5.85. The van der Waals surface area contributed by atoms with E-state index >= 15 is 4.39 Å². The summed E-state index contributed by atoms with van der Waals surface area (Å²) in [6.45, 7) is 5.89. The minimum atomic E-state index is -1.04. The number of hydrogen-bond acceptors (Lipinski definition) is 0. The van der Waals surface area contributed by atoms with Gasteiger partial charge in [0, 0.05) is 0 Å². The summed E-state index contributed by atoms with van der Waals surface area (Å²) in [5.41, 5.74) is 0.869. The molecule has 4 rings (SSSR count). The zero-order valence-corrected chi connectivity index (χ0v) is 18.7. The van der Waals surface area contributed by atoms with E-state index in [1.165, 1.54) is 38.5 Å². The van der Waals surface area contributed by atoms with Crippen LogP contribution in [0.15, 0.2) is 30.9 Å². The van der Waals surface area contributed by atoms with Crippen molar-refractivity contribution in [2.75, 3.05) is 0 Å². The minimum absolute atomic E-state index is 0.112. The standard InChI is InChI=1S/C28H35F3/c1-3-5-7-18-9-10-20-16-21(12-11-19(20)15-18)24-14-13-22-17-23(8-6-4-2)26(29)28(31)25(22)27(24)30/h4,13-14,17-21H,2-3,5-12,15-16H2,1H3/t18?,19-,20?,21-/m1/s1. The number of unbranched alkanes of at least 4 members (excludes halogenated alkanes) is 1. The first-order valence-corrected chi connectivity index (χ1v) is 12.2. The van der Waals surface area contributed by atoms with Crippen molar-refractivity contribution in [1.29, 1.82) is 0 Å². The summed E-state index contributed by atoms with van der Waals surface area (Å²) < 4.78 is 44.9. The van der Waals surface area contributed by atoms with Crippen molar-refractivity contribution in [1.82, 2.24) is 0 Å². The van der Waals surface area contributed by atoms with Crippen LogP contribution in [0.5, 0.6) is 0 Å². The molecule has 0 radical (unpaired) electrons. The molecule has 2 aliphatic rings. The molecule has 0 amide bonds. The van der Waals surface area contributed by atoms with E-state index in [9.17, 15) is 8.78 Å². The highest BCUT2D eigenvalue weighted by atomic mass is 19.2. The second-order valence-corrected chi connectivity index (χ2v) is 9.91. The third-order valence-electron chi connectivity index (χ3n) is 7.97. The van der Waals surface area contributed by atoms with Crippen LogP contribution in [0.3, 0.4) is 0 Å². The molecule has 0 aliphatic heterocycles. The van der Waals surface area contributed by atoms with E-state index in [-0.39, 0.29) is 16.9 Å². The van der Waals surface area contributed by atoms with Crippen LogP contribution in [-0.4, -0.2) is 0 Å². The number of allylic oxidation sites excluding steroid dienone is 1. The number of hydrogen-bond donors (Lipinski definition) is 0. The maximum Gasteiger partial charge on any atom is 0.169 e. The van der Waals surface area contributed by atoms with E-state index in [1.54, 1.807) is 18.2 Å². The van der Waals surface area contributed by atoms with E-state index in [4.69, 9.17) is 0 Å². The molecule has 2 unspecified atom stereocenters. The normalized spacial score (nSPS) is 26.1. The monoisotopic (exact) mass is 428 g/mol. The number of halogens is 3. The molecule has 2 fully saturated rings. The van der Waals surface area contributed by atoms with Crippen LogP contribution in [0, 0.1) is 35.2 Å². The van der Waals surface area contributed by atoms with Crippen molar-refractivity contribution in [2.24, 2.45) is 17.8 Å². The fraction of sp³-hybridized carbons (Fsp3) is 0.571. The smallest absolute Gasteiger partial charge is 0.169 e. The lowest BCUT2D eigenvalue weighted by atomic mass is 9.63. The Kier molecular flexibility index (Phi) is 7.08. The second kappa shape index (κ2) is 9.79. The third kappa shape index (κ3) is 4.56. The lowest BCUT2D eigenvalue weighted by Crippen LogP contribution is -2.30. The molecule has 0 nitrogen and oxygen atoms in total. The van der Waals surface area contributed by atoms with Gasteiger partial charge in [-0.05, 0) is 91.2 Å². The Balaban J connectivity index is 1.55. The van der Waals surface area contributed by atoms with Crippen LogP contribution in [0.1, 0.15) is 88.2 Å². The van der Waals surface area contributed by atoms with Crippen molar-refractivity contribution in [3.05, 3.63) is 59.4 Å². The van der Waals surface area contributed by atoms with Gasteiger partial charge in [-0.25, -0.2) is 13.2 Å². The van der Waals surface area contributed by atoms with Crippen LogP contribution in [0.2, 0.25) is 0 Å². The number of fused-ring (bicyclic) bond motifs is 2. The first-order chi connectivity index (χ1) is 15.0. The molecule has 2 saturated carbocycles. The van der Waals surface area contributed by atoms with Gasteiger partial charge >= 0.3 is 0 Å². The van der Waals surface area contributed by atoms with Gasteiger partial charge in [-0.15, -0.1) is 6.58 Å². The molecule has 0 spiro atoms. The van der Waals surface area contributed by atoms with Crippen molar-refractivity contribution in [3.63, 3.8) is 0 Å². The predicted octanol–water partition coefficient (Wildman–Crippen LogP) is 8.87. The second-order valence-electron chi connectivity index (χ2n) is 9.91. The number of benzene rings is 2. The molecule has 0 heterocycles. The highest BCUT2D eigenvalue weighted by Gasteiger charge is 2.36. The lowest BCUT2D eigenvalue weighted by Gasteiger charge is -2.42. The fourth-order valence-corrected chi connectivity index (χ4v) is 6.23. The summed E-state index contributed by atoms with van der Waals surface area (Å²) in [7, 11) is 0. The molecule has 0 saturated heterocycles. The summed E-state index contributed by atoms with van der Waals surface area (Å²) in [4.78, 5) is 0. The van der Waals surface area contributed by atoms with Crippen LogP contribution in [-0.2, 0) is 6.42 Å². The summed E-state index contributed by atoms with van der Waals surface area (Å²) >= 11 is 0. The first kappa shape index (κ1) is 22.4. The maximum absolute atomic E-state index is 15.5. The fourth-order valence-electron chi connectivity index (χ4n) is 6.23. The van der Waals surface area contributed by atoms with Crippen LogP contribution < -0.4 is 0 Å². The molecular weight excluding hydrogens is 393 g/mol. The molecule has 2 aromatic rings. The molecule has 0 N–H and O–H groups in total. The van der Waals surface area contributed by atoms with Crippen molar-refractivity contribution >= 4 is 10.8 Å². The number of aryl methyl sites for hydroxylation is 1. The van der Waals surface area contributed by atoms with E-state index in [0.717, 1.165) is 31.1 Å². The van der Waals surface area contributed by atoms with Crippen LogP contribution >= 0.6 is 0 Å². The van der Waals surface area contributed by atoms with Gasteiger partial charge in [-0.2, -0.15) is 0 Å². The minimum Gasteiger partial charge on any atom is -0.206 e. The van der Waals surface area contributed by atoms with Gasteiger partial charge in [0.05, 0.1) is 5.39 Å².